The molecule has 0 aliphatic carbocycles. The summed E-state index contributed by atoms with van der Waals surface area (Å²) in [7, 11) is -3.16. The van der Waals surface area contributed by atoms with E-state index in [4.69, 9.17) is 4.74 Å². The standard InChI is InChI=1S/C11H23N3O3S/c15-18(16,13-10-11-2-1-8-17-11)9-7-14-5-3-12-4-6-14/h11-13H,1-10H2. The average Bonchev–Trinajstić information content (AvgIpc) is 2.89. The molecule has 106 valence electrons. The Kier molecular flexibility index (Phi) is 5.38. The highest BCUT2D eigenvalue weighted by atomic mass is 32.2. The van der Waals surface area contributed by atoms with Crippen LogP contribution in [0.3, 0.4) is 0 Å². The summed E-state index contributed by atoms with van der Waals surface area (Å²) < 4.78 is 31.7. The summed E-state index contributed by atoms with van der Waals surface area (Å²) in [5.74, 6) is 0.180. The van der Waals surface area contributed by atoms with Crippen molar-refractivity contribution in [2.45, 2.75) is 18.9 Å². The first-order valence-electron chi connectivity index (χ1n) is 6.68. The molecule has 0 radical (unpaired) electrons. The Morgan fingerprint density at radius 1 is 1.33 bits per heavy atom. The third kappa shape index (κ3) is 4.81. The van der Waals surface area contributed by atoms with Crippen molar-refractivity contribution in [3.63, 3.8) is 0 Å². The van der Waals surface area contributed by atoms with Gasteiger partial charge in [0.25, 0.3) is 0 Å². The van der Waals surface area contributed by atoms with Crippen molar-refractivity contribution < 1.29 is 13.2 Å². The molecule has 0 aromatic heterocycles. The van der Waals surface area contributed by atoms with Crippen LogP contribution in [0, 0.1) is 0 Å². The molecule has 7 heteroatoms. The zero-order valence-electron chi connectivity index (χ0n) is 10.7. The molecule has 2 N–H and O–H groups in total. The van der Waals surface area contributed by atoms with Crippen molar-refractivity contribution in [2.75, 3.05) is 51.6 Å². The normalized spacial score (nSPS) is 26.6. The predicted molar refractivity (Wildman–Crippen MR) is 70.1 cm³/mol. The molecule has 0 saturated carbocycles. The summed E-state index contributed by atoms with van der Waals surface area (Å²) in [6.45, 7) is 5.55. The molecule has 6 nitrogen and oxygen atoms in total. The fraction of sp³-hybridized carbons (Fsp3) is 1.00. The van der Waals surface area contributed by atoms with Crippen LogP contribution in [0.2, 0.25) is 0 Å². The quantitative estimate of drug-likeness (QED) is 0.651. The van der Waals surface area contributed by atoms with Crippen molar-refractivity contribution in [2.24, 2.45) is 0 Å². The van der Waals surface area contributed by atoms with E-state index in [-0.39, 0.29) is 11.9 Å². The second kappa shape index (κ2) is 6.81. The average molecular weight is 277 g/mol. The van der Waals surface area contributed by atoms with Gasteiger partial charge in [-0.05, 0) is 12.8 Å². The molecule has 2 rings (SSSR count). The molecular weight excluding hydrogens is 254 g/mol. The van der Waals surface area contributed by atoms with E-state index in [2.05, 4.69) is 14.9 Å². The molecule has 0 aromatic rings. The first-order chi connectivity index (χ1) is 8.66. The summed E-state index contributed by atoms with van der Waals surface area (Å²) in [6, 6.07) is 0. The van der Waals surface area contributed by atoms with Crippen LogP contribution < -0.4 is 10.0 Å². The van der Waals surface area contributed by atoms with Crippen molar-refractivity contribution in [3.05, 3.63) is 0 Å². The van der Waals surface area contributed by atoms with Gasteiger partial charge < -0.3 is 10.1 Å². The minimum Gasteiger partial charge on any atom is -0.377 e. The lowest BCUT2D eigenvalue weighted by Crippen LogP contribution is -2.46. The maximum atomic E-state index is 11.8. The van der Waals surface area contributed by atoms with Crippen LogP contribution >= 0.6 is 0 Å². The van der Waals surface area contributed by atoms with E-state index in [1.807, 2.05) is 0 Å². The second-order valence-electron chi connectivity index (χ2n) is 4.89. The van der Waals surface area contributed by atoms with Gasteiger partial charge in [0.2, 0.25) is 10.0 Å². The van der Waals surface area contributed by atoms with Gasteiger partial charge in [-0.25, -0.2) is 13.1 Å². The van der Waals surface area contributed by atoms with E-state index >= 15 is 0 Å². The Hall–Kier alpha value is -0.210. The molecule has 2 saturated heterocycles. The number of piperazine rings is 1. The first kappa shape index (κ1) is 14.2. The molecule has 0 aromatic carbocycles. The Bertz CT molecular complexity index is 335. The van der Waals surface area contributed by atoms with Gasteiger partial charge in [0.15, 0.2) is 0 Å². The number of ether oxygens (including phenoxy) is 1. The maximum Gasteiger partial charge on any atom is 0.212 e. The molecule has 2 fully saturated rings. The van der Waals surface area contributed by atoms with Gasteiger partial charge >= 0.3 is 0 Å². The number of sulfonamides is 1. The van der Waals surface area contributed by atoms with Crippen LogP contribution in [0.4, 0.5) is 0 Å². The third-order valence-corrected chi connectivity index (χ3v) is 4.77. The molecule has 0 bridgehead atoms. The van der Waals surface area contributed by atoms with Crippen LogP contribution in [-0.4, -0.2) is 71.0 Å². The van der Waals surface area contributed by atoms with Crippen LogP contribution in [-0.2, 0) is 14.8 Å². The van der Waals surface area contributed by atoms with E-state index in [0.29, 0.717) is 13.1 Å². The molecule has 0 spiro atoms. The molecule has 1 unspecified atom stereocenters. The summed E-state index contributed by atoms with van der Waals surface area (Å²) in [4.78, 5) is 2.18. The molecular formula is C11H23N3O3S. The van der Waals surface area contributed by atoms with Crippen molar-refractivity contribution in [1.29, 1.82) is 0 Å². The summed E-state index contributed by atoms with van der Waals surface area (Å²) in [6.07, 6.45) is 2.06. The highest BCUT2D eigenvalue weighted by molar-refractivity contribution is 7.89. The fourth-order valence-electron chi connectivity index (χ4n) is 2.28. The highest BCUT2D eigenvalue weighted by Crippen LogP contribution is 2.10. The summed E-state index contributed by atoms with van der Waals surface area (Å²) >= 11 is 0. The van der Waals surface area contributed by atoms with Gasteiger partial charge in [-0.1, -0.05) is 0 Å². The maximum absolute atomic E-state index is 11.8. The zero-order valence-corrected chi connectivity index (χ0v) is 11.5. The molecule has 2 aliphatic rings. The van der Waals surface area contributed by atoms with Gasteiger partial charge in [0, 0.05) is 45.9 Å². The minimum atomic E-state index is -3.16. The van der Waals surface area contributed by atoms with Crippen molar-refractivity contribution in [1.82, 2.24) is 14.9 Å². The molecule has 2 aliphatic heterocycles. The van der Waals surface area contributed by atoms with E-state index in [1.165, 1.54) is 0 Å². The van der Waals surface area contributed by atoms with E-state index in [9.17, 15) is 8.42 Å². The highest BCUT2D eigenvalue weighted by Gasteiger charge is 2.19. The van der Waals surface area contributed by atoms with E-state index < -0.39 is 10.0 Å². The Labute approximate surface area is 109 Å². The van der Waals surface area contributed by atoms with Crippen LogP contribution in [0.5, 0.6) is 0 Å². The van der Waals surface area contributed by atoms with Crippen LogP contribution in [0.25, 0.3) is 0 Å². The monoisotopic (exact) mass is 277 g/mol. The van der Waals surface area contributed by atoms with Gasteiger partial charge in [-0.3, -0.25) is 4.90 Å². The fourth-order valence-corrected chi connectivity index (χ4v) is 3.36. The third-order valence-electron chi connectivity index (χ3n) is 3.44. The Morgan fingerprint density at radius 3 is 2.78 bits per heavy atom. The lowest BCUT2D eigenvalue weighted by atomic mass is 10.2. The summed E-state index contributed by atoms with van der Waals surface area (Å²) in [5.41, 5.74) is 0. The molecule has 1 atom stereocenters. The molecule has 2 heterocycles. The first-order valence-corrected chi connectivity index (χ1v) is 8.33. The zero-order chi connectivity index (χ0) is 12.8. The van der Waals surface area contributed by atoms with E-state index in [1.54, 1.807) is 0 Å². The largest absolute Gasteiger partial charge is 0.377 e. The second-order valence-corrected chi connectivity index (χ2v) is 6.82. The van der Waals surface area contributed by atoms with Gasteiger partial charge in [-0.15, -0.1) is 0 Å². The van der Waals surface area contributed by atoms with Crippen molar-refractivity contribution >= 4 is 10.0 Å². The number of nitrogens with one attached hydrogen (secondary N) is 2. The summed E-state index contributed by atoms with van der Waals surface area (Å²) in [5, 5.41) is 3.25. The number of nitrogens with zero attached hydrogens (tertiary/aromatic N) is 1. The smallest absolute Gasteiger partial charge is 0.212 e. The van der Waals surface area contributed by atoms with Crippen molar-refractivity contribution in [3.8, 4) is 0 Å². The Morgan fingerprint density at radius 2 is 2.11 bits per heavy atom. The number of hydrogen-bond donors (Lipinski definition) is 2. The SMILES string of the molecule is O=S(=O)(CCN1CCNCC1)NCC1CCCO1. The van der Waals surface area contributed by atoms with E-state index in [0.717, 1.165) is 45.6 Å². The van der Waals surface area contributed by atoms with Gasteiger partial charge in [0.05, 0.1) is 11.9 Å². The number of hydrogen-bond acceptors (Lipinski definition) is 5. The lowest BCUT2D eigenvalue weighted by molar-refractivity contribution is 0.114. The Balaban J connectivity index is 1.66. The lowest BCUT2D eigenvalue weighted by Gasteiger charge is -2.26. The molecule has 0 amide bonds. The van der Waals surface area contributed by atoms with Crippen LogP contribution in [0.15, 0.2) is 0 Å². The molecule has 18 heavy (non-hydrogen) atoms. The number of rotatable bonds is 6. The van der Waals surface area contributed by atoms with Gasteiger partial charge in [0.1, 0.15) is 0 Å². The minimum absolute atomic E-state index is 0.0685. The van der Waals surface area contributed by atoms with Gasteiger partial charge in [-0.2, -0.15) is 0 Å². The topological polar surface area (TPSA) is 70.7 Å². The predicted octanol–water partition coefficient (Wildman–Crippen LogP) is -1.01. The van der Waals surface area contributed by atoms with Crippen LogP contribution in [0.1, 0.15) is 12.8 Å².